The van der Waals surface area contributed by atoms with Crippen LogP contribution in [-0.2, 0) is 6.54 Å². The van der Waals surface area contributed by atoms with Crippen LogP contribution in [0.25, 0.3) is 0 Å². The van der Waals surface area contributed by atoms with Crippen LogP contribution in [0.5, 0.6) is 0 Å². The molecule has 0 unspecified atom stereocenters. The van der Waals surface area contributed by atoms with Crippen LogP contribution >= 0.6 is 23.2 Å². The van der Waals surface area contributed by atoms with Crippen molar-refractivity contribution in [2.24, 2.45) is 0 Å². The molecule has 24 heavy (non-hydrogen) atoms. The number of carbonyl (C=O) groups excluding carboxylic acids is 1. The zero-order valence-electron chi connectivity index (χ0n) is 12.3. The Balaban J connectivity index is 1.64. The first kappa shape index (κ1) is 16.3. The number of hydrogen-bond acceptors (Lipinski definition) is 5. The first-order valence-electron chi connectivity index (χ1n) is 6.98. The van der Waals surface area contributed by atoms with Gasteiger partial charge in [0.25, 0.3) is 5.91 Å². The van der Waals surface area contributed by atoms with E-state index in [1.54, 1.807) is 42.7 Å². The van der Waals surface area contributed by atoms with E-state index in [4.69, 9.17) is 27.6 Å². The van der Waals surface area contributed by atoms with Crippen molar-refractivity contribution in [2.75, 3.05) is 10.6 Å². The van der Waals surface area contributed by atoms with Crippen molar-refractivity contribution in [2.45, 2.75) is 6.54 Å². The fraction of sp³-hybridized carbons (Fsp3) is 0.0625. The van der Waals surface area contributed by atoms with Gasteiger partial charge in [-0.1, -0.05) is 23.2 Å². The molecule has 0 bridgehead atoms. The zero-order valence-corrected chi connectivity index (χ0v) is 13.8. The summed E-state index contributed by atoms with van der Waals surface area (Å²) in [5.74, 6) is 0.877. The van der Waals surface area contributed by atoms with Crippen LogP contribution in [0.15, 0.2) is 53.1 Å². The third kappa shape index (κ3) is 4.04. The number of benzene rings is 1. The van der Waals surface area contributed by atoms with Gasteiger partial charge in [-0.15, -0.1) is 10.2 Å². The summed E-state index contributed by atoms with van der Waals surface area (Å²) in [6.45, 7) is 0.478. The molecule has 122 valence electrons. The quantitative estimate of drug-likeness (QED) is 0.709. The van der Waals surface area contributed by atoms with Crippen molar-refractivity contribution >= 4 is 40.6 Å². The lowest BCUT2D eigenvalue weighted by molar-refractivity contribution is 0.102. The minimum atomic E-state index is -0.427. The van der Waals surface area contributed by atoms with E-state index in [9.17, 15) is 4.79 Å². The fourth-order valence-corrected chi connectivity index (χ4v) is 2.26. The van der Waals surface area contributed by atoms with E-state index in [2.05, 4.69) is 20.8 Å². The first-order chi connectivity index (χ1) is 11.6. The number of rotatable bonds is 5. The number of furan rings is 1. The normalized spacial score (nSPS) is 10.4. The molecule has 0 radical (unpaired) electrons. The maximum atomic E-state index is 12.2. The van der Waals surface area contributed by atoms with Gasteiger partial charge in [0.1, 0.15) is 11.6 Å². The lowest BCUT2D eigenvalue weighted by atomic mass is 10.3. The molecule has 0 saturated carbocycles. The molecule has 8 heteroatoms. The molecule has 3 rings (SSSR count). The van der Waals surface area contributed by atoms with Gasteiger partial charge in [-0.25, -0.2) is 0 Å². The zero-order chi connectivity index (χ0) is 16.9. The van der Waals surface area contributed by atoms with Crippen molar-refractivity contribution in [3.63, 3.8) is 0 Å². The summed E-state index contributed by atoms with van der Waals surface area (Å²) >= 11 is 11.9. The van der Waals surface area contributed by atoms with Crippen molar-refractivity contribution in [3.05, 3.63) is 70.2 Å². The molecule has 0 atom stereocenters. The van der Waals surface area contributed by atoms with E-state index in [1.165, 1.54) is 0 Å². The van der Waals surface area contributed by atoms with Gasteiger partial charge in [0.2, 0.25) is 0 Å². The number of carbonyl (C=O) groups is 1. The average molecular weight is 363 g/mol. The number of amides is 1. The standard InChI is InChI=1S/C16H12Cl2N4O2/c17-10-3-4-12(18)14(8-10)20-16(23)13-5-6-15(22-21-13)19-9-11-2-1-7-24-11/h1-8H,9H2,(H,19,22)(H,20,23). The second kappa shape index (κ2) is 7.33. The molecule has 1 aromatic carbocycles. The monoisotopic (exact) mass is 362 g/mol. The molecule has 2 aromatic heterocycles. The molecule has 0 fully saturated rings. The molecule has 0 spiro atoms. The molecular formula is C16H12Cl2N4O2. The highest BCUT2D eigenvalue weighted by Crippen LogP contribution is 2.25. The fourth-order valence-electron chi connectivity index (χ4n) is 1.92. The molecule has 6 nitrogen and oxygen atoms in total. The lowest BCUT2D eigenvalue weighted by Crippen LogP contribution is -2.15. The Hall–Kier alpha value is -2.57. The highest BCUT2D eigenvalue weighted by atomic mass is 35.5. The van der Waals surface area contributed by atoms with Crippen molar-refractivity contribution in [3.8, 4) is 0 Å². The SMILES string of the molecule is O=C(Nc1cc(Cl)ccc1Cl)c1ccc(NCc2ccco2)nn1. The van der Waals surface area contributed by atoms with Gasteiger partial charge in [-0.3, -0.25) is 4.79 Å². The topological polar surface area (TPSA) is 80.0 Å². The van der Waals surface area contributed by atoms with Gasteiger partial charge < -0.3 is 15.1 Å². The van der Waals surface area contributed by atoms with E-state index < -0.39 is 5.91 Å². The van der Waals surface area contributed by atoms with Crippen LogP contribution < -0.4 is 10.6 Å². The molecule has 0 aliphatic carbocycles. The molecule has 3 aromatic rings. The van der Waals surface area contributed by atoms with Gasteiger partial charge in [0.05, 0.1) is 23.5 Å². The molecule has 2 N–H and O–H groups in total. The minimum Gasteiger partial charge on any atom is -0.467 e. The van der Waals surface area contributed by atoms with Crippen LogP contribution in [0, 0.1) is 0 Å². The van der Waals surface area contributed by atoms with Gasteiger partial charge in [-0.05, 0) is 42.5 Å². The van der Waals surface area contributed by atoms with E-state index >= 15 is 0 Å². The van der Waals surface area contributed by atoms with Gasteiger partial charge in [0, 0.05) is 5.02 Å². The smallest absolute Gasteiger partial charge is 0.276 e. The van der Waals surface area contributed by atoms with Crippen molar-refractivity contribution < 1.29 is 9.21 Å². The Labute approximate surface area is 147 Å². The van der Waals surface area contributed by atoms with E-state index in [0.29, 0.717) is 28.1 Å². The summed E-state index contributed by atoms with van der Waals surface area (Å²) < 4.78 is 5.21. The maximum Gasteiger partial charge on any atom is 0.276 e. The van der Waals surface area contributed by atoms with E-state index in [0.717, 1.165) is 5.76 Å². The Morgan fingerprint density at radius 2 is 2.00 bits per heavy atom. The molecular weight excluding hydrogens is 351 g/mol. The highest BCUT2D eigenvalue weighted by Gasteiger charge is 2.11. The summed E-state index contributed by atoms with van der Waals surface area (Å²) in [5, 5.41) is 14.4. The van der Waals surface area contributed by atoms with Crippen LogP contribution in [0.3, 0.4) is 0 Å². The van der Waals surface area contributed by atoms with Gasteiger partial charge >= 0.3 is 0 Å². The van der Waals surface area contributed by atoms with Crippen LogP contribution in [0.4, 0.5) is 11.5 Å². The van der Waals surface area contributed by atoms with Gasteiger partial charge in [0.15, 0.2) is 5.69 Å². The molecule has 2 heterocycles. The molecule has 0 aliphatic rings. The highest BCUT2D eigenvalue weighted by molar-refractivity contribution is 6.35. The Kier molecular flexibility index (Phi) is 4.98. The second-order valence-corrected chi connectivity index (χ2v) is 5.66. The second-order valence-electron chi connectivity index (χ2n) is 4.82. The van der Waals surface area contributed by atoms with Crippen LogP contribution in [-0.4, -0.2) is 16.1 Å². The van der Waals surface area contributed by atoms with Crippen molar-refractivity contribution in [1.82, 2.24) is 10.2 Å². The van der Waals surface area contributed by atoms with Crippen molar-refractivity contribution in [1.29, 1.82) is 0 Å². The summed E-state index contributed by atoms with van der Waals surface area (Å²) in [6, 6.07) is 11.7. The Bertz CT molecular complexity index is 836. The number of nitrogens with zero attached hydrogens (tertiary/aromatic N) is 2. The summed E-state index contributed by atoms with van der Waals surface area (Å²) in [6.07, 6.45) is 1.59. The first-order valence-corrected chi connectivity index (χ1v) is 7.74. The third-order valence-electron chi connectivity index (χ3n) is 3.10. The molecule has 0 saturated heterocycles. The van der Waals surface area contributed by atoms with Gasteiger partial charge in [-0.2, -0.15) is 0 Å². The Morgan fingerprint density at radius 1 is 1.12 bits per heavy atom. The summed E-state index contributed by atoms with van der Waals surface area (Å²) in [5.41, 5.74) is 0.575. The lowest BCUT2D eigenvalue weighted by Gasteiger charge is -2.07. The van der Waals surface area contributed by atoms with E-state index in [1.807, 2.05) is 6.07 Å². The van der Waals surface area contributed by atoms with Crippen LogP contribution in [0.2, 0.25) is 10.0 Å². The third-order valence-corrected chi connectivity index (χ3v) is 3.66. The summed E-state index contributed by atoms with van der Waals surface area (Å²) in [4.78, 5) is 12.2. The minimum absolute atomic E-state index is 0.162. The van der Waals surface area contributed by atoms with E-state index in [-0.39, 0.29) is 5.69 Å². The number of nitrogens with one attached hydrogen (secondary N) is 2. The number of hydrogen-bond donors (Lipinski definition) is 2. The summed E-state index contributed by atoms with van der Waals surface area (Å²) in [7, 11) is 0. The Morgan fingerprint density at radius 3 is 2.71 bits per heavy atom. The molecule has 0 aliphatic heterocycles. The predicted molar refractivity (Wildman–Crippen MR) is 92.5 cm³/mol. The largest absolute Gasteiger partial charge is 0.467 e. The maximum absolute atomic E-state index is 12.2. The molecule has 1 amide bonds. The number of anilines is 2. The predicted octanol–water partition coefficient (Wildman–Crippen LogP) is 4.24. The van der Waals surface area contributed by atoms with Crippen LogP contribution in [0.1, 0.15) is 16.2 Å². The number of halogens is 2. The average Bonchev–Trinajstić information content (AvgIpc) is 3.10. The number of aromatic nitrogens is 2.